The molecular formula is C14H29IN4O. The topological polar surface area (TPSA) is 65.5 Å². The normalized spacial score (nSPS) is 21.8. The Bertz CT molecular complexity index is 339. The number of hydrogen-bond donors (Lipinski definition) is 3. The molecule has 0 spiro atoms. The second-order valence-corrected chi connectivity index (χ2v) is 6.26. The molecule has 1 aliphatic carbocycles. The zero-order valence-electron chi connectivity index (χ0n) is 13.2. The Morgan fingerprint density at radius 1 is 1.35 bits per heavy atom. The van der Waals surface area contributed by atoms with E-state index in [0.717, 1.165) is 5.92 Å². The van der Waals surface area contributed by atoms with Crippen molar-refractivity contribution in [3.63, 3.8) is 0 Å². The van der Waals surface area contributed by atoms with E-state index in [4.69, 9.17) is 0 Å². The summed E-state index contributed by atoms with van der Waals surface area (Å²) in [5, 5.41) is 9.32. The molecular weight excluding hydrogens is 367 g/mol. The lowest BCUT2D eigenvalue weighted by Gasteiger charge is -2.21. The van der Waals surface area contributed by atoms with E-state index < -0.39 is 0 Å². The first-order valence-corrected chi connectivity index (χ1v) is 7.14. The number of rotatable bonds is 5. The molecule has 1 rings (SSSR count). The average molecular weight is 396 g/mol. The number of guanidine groups is 1. The minimum atomic E-state index is -0.196. The molecule has 1 amide bonds. The van der Waals surface area contributed by atoms with Crippen LogP contribution in [0, 0.1) is 5.92 Å². The van der Waals surface area contributed by atoms with Gasteiger partial charge in [0.1, 0.15) is 0 Å². The van der Waals surface area contributed by atoms with Crippen molar-refractivity contribution in [2.45, 2.75) is 58.5 Å². The molecule has 0 heterocycles. The van der Waals surface area contributed by atoms with Gasteiger partial charge in [-0.15, -0.1) is 24.0 Å². The molecule has 0 bridgehead atoms. The lowest BCUT2D eigenvalue weighted by atomic mass is 10.1. The number of nitrogens with zero attached hydrogens (tertiary/aromatic N) is 1. The van der Waals surface area contributed by atoms with Crippen LogP contribution in [0.2, 0.25) is 0 Å². The summed E-state index contributed by atoms with van der Waals surface area (Å²) >= 11 is 0. The fraction of sp³-hybridized carbons (Fsp3) is 0.857. The van der Waals surface area contributed by atoms with Crippen molar-refractivity contribution in [1.82, 2.24) is 16.0 Å². The minimum absolute atomic E-state index is 0. The molecule has 0 aromatic carbocycles. The van der Waals surface area contributed by atoms with Crippen LogP contribution in [0.1, 0.15) is 47.0 Å². The molecule has 5 nitrogen and oxygen atoms in total. The first kappa shape index (κ1) is 19.5. The first-order chi connectivity index (χ1) is 8.85. The van der Waals surface area contributed by atoms with E-state index in [1.807, 2.05) is 20.8 Å². The Hall–Kier alpha value is -0.530. The molecule has 0 aromatic rings. The monoisotopic (exact) mass is 396 g/mol. The second-order valence-electron chi connectivity index (χ2n) is 6.26. The first-order valence-electron chi connectivity index (χ1n) is 7.14. The van der Waals surface area contributed by atoms with Gasteiger partial charge in [0.2, 0.25) is 5.91 Å². The smallest absolute Gasteiger partial charge is 0.239 e. The Kier molecular flexibility index (Phi) is 8.46. The van der Waals surface area contributed by atoms with Crippen LogP contribution in [0.4, 0.5) is 0 Å². The van der Waals surface area contributed by atoms with Crippen molar-refractivity contribution in [2.24, 2.45) is 10.9 Å². The third kappa shape index (κ3) is 7.91. The number of amides is 1. The van der Waals surface area contributed by atoms with Crippen molar-refractivity contribution in [2.75, 3.05) is 13.6 Å². The van der Waals surface area contributed by atoms with Crippen LogP contribution >= 0.6 is 24.0 Å². The highest BCUT2D eigenvalue weighted by Crippen LogP contribution is 2.34. The standard InChI is InChI=1S/C14H28N4O.HI/c1-6-7-10-8-11(10)17-13(15-5)16-9-12(19)18-14(2,3)4;/h10-11H,6-9H2,1-5H3,(H,18,19)(H2,15,16,17);1H. The molecule has 0 saturated heterocycles. The van der Waals surface area contributed by atoms with Gasteiger partial charge in [-0.2, -0.15) is 0 Å². The zero-order valence-corrected chi connectivity index (χ0v) is 15.6. The predicted molar refractivity (Wildman–Crippen MR) is 94.6 cm³/mol. The number of halogens is 1. The van der Waals surface area contributed by atoms with Gasteiger partial charge in [0, 0.05) is 18.6 Å². The number of nitrogens with one attached hydrogen (secondary N) is 3. The van der Waals surface area contributed by atoms with Crippen LogP contribution in [0.15, 0.2) is 4.99 Å². The van der Waals surface area contributed by atoms with E-state index in [-0.39, 0.29) is 42.0 Å². The minimum Gasteiger partial charge on any atom is -0.353 e. The maximum absolute atomic E-state index is 11.7. The van der Waals surface area contributed by atoms with Gasteiger partial charge in [0.25, 0.3) is 0 Å². The molecule has 2 unspecified atom stereocenters. The van der Waals surface area contributed by atoms with Crippen molar-refractivity contribution in [1.29, 1.82) is 0 Å². The number of carbonyl (C=O) groups excluding carboxylic acids is 1. The second kappa shape index (κ2) is 8.69. The van der Waals surface area contributed by atoms with Gasteiger partial charge in [-0.05, 0) is 39.5 Å². The van der Waals surface area contributed by atoms with Crippen molar-refractivity contribution in [3.8, 4) is 0 Å². The summed E-state index contributed by atoms with van der Waals surface area (Å²) in [7, 11) is 1.73. The van der Waals surface area contributed by atoms with E-state index in [1.165, 1.54) is 19.3 Å². The van der Waals surface area contributed by atoms with Crippen molar-refractivity contribution < 1.29 is 4.79 Å². The molecule has 0 aromatic heterocycles. The lowest BCUT2D eigenvalue weighted by Crippen LogP contribution is -2.48. The SMILES string of the molecule is CCCC1CC1NC(=NC)NCC(=O)NC(C)(C)C.I. The summed E-state index contributed by atoms with van der Waals surface area (Å²) in [6.07, 6.45) is 3.70. The molecule has 20 heavy (non-hydrogen) atoms. The van der Waals surface area contributed by atoms with Gasteiger partial charge >= 0.3 is 0 Å². The molecule has 0 radical (unpaired) electrons. The van der Waals surface area contributed by atoms with Gasteiger partial charge in [-0.3, -0.25) is 9.79 Å². The third-order valence-corrected chi connectivity index (χ3v) is 3.06. The van der Waals surface area contributed by atoms with Crippen LogP contribution < -0.4 is 16.0 Å². The van der Waals surface area contributed by atoms with E-state index >= 15 is 0 Å². The third-order valence-electron chi connectivity index (χ3n) is 3.06. The molecule has 1 saturated carbocycles. The van der Waals surface area contributed by atoms with Crippen LogP contribution in [0.5, 0.6) is 0 Å². The lowest BCUT2D eigenvalue weighted by molar-refractivity contribution is -0.121. The quantitative estimate of drug-likeness (QED) is 0.378. The Morgan fingerprint density at radius 3 is 2.50 bits per heavy atom. The highest BCUT2D eigenvalue weighted by Gasteiger charge is 2.36. The Morgan fingerprint density at radius 2 is 2.00 bits per heavy atom. The summed E-state index contributed by atoms with van der Waals surface area (Å²) < 4.78 is 0. The zero-order chi connectivity index (χ0) is 14.5. The number of carbonyl (C=O) groups is 1. The molecule has 3 N–H and O–H groups in total. The van der Waals surface area contributed by atoms with Crippen LogP contribution in [-0.2, 0) is 4.79 Å². The molecule has 1 fully saturated rings. The Balaban J connectivity index is 0.00000361. The maximum Gasteiger partial charge on any atom is 0.239 e. The number of hydrogen-bond acceptors (Lipinski definition) is 2. The fourth-order valence-electron chi connectivity index (χ4n) is 2.11. The molecule has 118 valence electrons. The van der Waals surface area contributed by atoms with E-state index in [0.29, 0.717) is 12.0 Å². The molecule has 2 atom stereocenters. The van der Waals surface area contributed by atoms with E-state index in [9.17, 15) is 4.79 Å². The summed E-state index contributed by atoms with van der Waals surface area (Å²) in [5.41, 5.74) is -0.196. The summed E-state index contributed by atoms with van der Waals surface area (Å²) in [5.74, 6) is 1.47. The van der Waals surface area contributed by atoms with E-state index in [2.05, 4.69) is 27.9 Å². The Labute approximate surface area is 139 Å². The highest BCUT2D eigenvalue weighted by atomic mass is 127. The van der Waals surface area contributed by atoms with Gasteiger partial charge in [-0.1, -0.05) is 13.3 Å². The summed E-state index contributed by atoms with van der Waals surface area (Å²) in [6, 6.07) is 0.525. The molecule has 1 aliphatic rings. The maximum atomic E-state index is 11.7. The predicted octanol–water partition coefficient (Wildman–Crippen LogP) is 1.87. The largest absolute Gasteiger partial charge is 0.353 e. The van der Waals surface area contributed by atoms with Gasteiger partial charge in [0.05, 0.1) is 6.54 Å². The highest BCUT2D eigenvalue weighted by molar-refractivity contribution is 14.0. The number of aliphatic imine (C=N–C) groups is 1. The van der Waals surface area contributed by atoms with Crippen LogP contribution in [0.25, 0.3) is 0 Å². The van der Waals surface area contributed by atoms with Crippen molar-refractivity contribution >= 4 is 35.8 Å². The fourth-order valence-corrected chi connectivity index (χ4v) is 2.11. The van der Waals surface area contributed by atoms with E-state index in [1.54, 1.807) is 7.05 Å². The van der Waals surface area contributed by atoms with Gasteiger partial charge in [-0.25, -0.2) is 0 Å². The van der Waals surface area contributed by atoms with Gasteiger partial charge < -0.3 is 16.0 Å². The molecule has 6 heteroatoms. The summed E-state index contributed by atoms with van der Waals surface area (Å²) in [4.78, 5) is 15.8. The van der Waals surface area contributed by atoms with Crippen molar-refractivity contribution in [3.05, 3.63) is 0 Å². The van der Waals surface area contributed by atoms with Crippen LogP contribution in [0.3, 0.4) is 0 Å². The average Bonchev–Trinajstić information content (AvgIpc) is 3.00. The van der Waals surface area contributed by atoms with Gasteiger partial charge in [0.15, 0.2) is 5.96 Å². The molecule has 0 aliphatic heterocycles. The summed E-state index contributed by atoms with van der Waals surface area (Å²) in [6.45, 7) is 8.37. The van der Waals surface area contributed by atoms with Crippen LogP contribution in [-0.4, -0.2) is 37.0 Å².